The van der Waals surface area contributed by atoms with Gasteiger partial charge in [0.05, 0.1) is 5.75 Å². The molecule has 0 amide bonds. The Morgan fingerprint density at radius 1 is 1.44 bits per heavy atom. The molecule has 0 aliphatic heterocycles. The Morgan fingerprint density at radius 3 is 2.67 bits per heavy atom. The van der Waals surface area contributed by atoms with Crippen LogP contribution in [0.4, 0.5) is 0 Å². The largest absolute Gasteiger partial charge is 0.475 e. The number of halogens is 1. The van der Waals surface area contributed by atoms with Crippen LogP contribution in [0.15, 0.2) is 32.0 Å². The van der Waals surface area contributed by atoms with Crippen LogP contribution in [-0.4, -0.2) is 25.2 Å². The van der Waals surface area contributed by atoms with Gasteiger partial charge in [0.1, 0.15) is 10.5 Å². The lowest BCUT2D eigenvalue weighted by Crippen LogP contribution is -2.08. The second-order valence-electron chi connectivity index (χ2n) is 3.61. The summed E-state index contributed by atoms with van der Waals surface area (Å²) in [6.07, 6.45) is 0. The SMILES string of the molecule is CCS(=O)(=O)c1c(C(=O)O)oc2ccc(Br)cc12. The Kier molecular flexibility index (Phi) is 3.20. The first kappa shape index (κ1) is 13.1. The number of rotatable bonds is 3. The van der Waals surface area contributed by atoms with Crippen LogP contribution in [0.25, 0.3) is 11.0 Å². The predicted molar refractivity (Wildman–Crippen MR) is 68.6 cm³/mol. The van der Waals surface area contributed by atoms with Gasteiger partial charge in [-0.25, -0.2) is 13.2 Å². The maximum absolute atomic E-state index is 12.0. The van der Waals surface area contributed by atoms with Gasteiger partial charge in [0.15, 0.2) is 9.84 Å². The van der Waals surface area contributed by atoms with Crippen LogP contribution in [0.2, 0.25) is 0 Å². The first-order valence-corrected chi connectivity index (χ1v) is 7.49. The molecule has 0 fully saturated rings. The molecule has 7 heteroatoms. The third-order valence-corrected chi connectivity index (χ3v) is 4.77. The standard InChI is InChI=1S/C11H9BrO5S/c1-2-18(15,16)10-7-5-6(12)3-4-8(7)17-9(10)11(13)14/h3-5H,2H2,1H3,(H,13,14). The average molecular weight is 333 g/mol. The molecule has 18 heavy (non-hydrogen) atoms. The molecule has 2 aromatic rings. The van der Waals surface area contributed by atoms with Gasteiger partial charge in [0, 0.05) is 9.86 Å². The lowest BCUT2D eigenvalue weighted by atomic mass is 10.2. The van der Waals surface area contributed by atoms with E-state index in [4.69, 9.17) is 9.52 Å². The summed E-state index contributed by atoms with van der Waals surface area (Å²) >= 11 is 3.22. The second kappa shape index (κ2) is 4.40. The van der Waals surface area contributed by atoms with Crippen molar-refractivity contribution in [2.75, 3.05) is 5.75 Å². The van der Waals surface area contributed by atoms with Crippen molar-refractivity contribution in [2.24, 2.45) is 0 Å². The normalized spacial score (nSPS) is 11.9. The minimum absolute atomic E-state index is 0.186. The Balaban J connectivity index is 2.94. The van der Waals surface area contributed by atoms with Gasteiger partial charge in [0.2, 0.25) is 5.76 Å². The summed E-state index contributed by atoms with van der Waals surface area (Å²) in [4.78, 5) is 10.8. The number of aromatic carboxylic acids is 1. The summed E-state index contributed by atoms with van der Waals surface area (Å²) in [6, 6.07) is 4.72. The van der Waals surface area contributed by atoms with E-state index < -0.39 is 21.6 Å². The topological polar surface area (TPSA) is 84.6 Å². The van der Waals surface area contributed by atoms with Gasteiger partial charge in [0.25, 0.3) is 0 Å². The number of sulfone groups is 1. The molecule has 1 N–H and O–H groups in total. The Morgan fingerprint density at radius 2 is 2.11 bits per heavy atom. The van der Waals surface area contributed by atoms with Crippen LogP contribution in [0, 0.1) is 0 Å². The monoisotopic (exact) mass is 332 g/mol. The van der Waals surface area contributed by atoms with E-state index in [-0.39, 0.29) is 21.6 Å². The Hall–Kier alpha value is -1.34. The van der Waals surface area contributed by atoms with Crippen LogP contribution >= 0.6 is 15.9 Å². The smallest absolute Gasteiger partial charge is 0.373 e. The molecule has 5 nitrogen and oxygen atoms in total. The van der Waals surface area contributed by atoms with Gasteiger partial charge in [-0.2, -0.15) is 0 Å². The summed E-state index contributed by atoms with van der Waals surface area (Å²) in [6.45, 7) is 1.46. The maximum atomic E-state index is 12.0. The zero-order valence-electron chi connectivity index (χ0n) is 9.31. The van der Waals surface area contributed by atoms with Crippen LogP contribution < -0.4 is 0 Å². The first-order chi connectivity index (χ1) is 8.36. The van der Waals surface area contributed by atoms with Gasteiger partial charge in [-0.15, -0.1) is 0 Å². The number of carboxylic acids is 1. The van der Waals surface area contributed by atoms with Crippen molar-refractivity contribution in [3.05, 3.63) is 28.4 Å². The fraction of sp³-hybridized carbons (Fsp3) is 0.182. The summed E-state index contributed by atoms with van der Waals surface area (Å²) in [5.74, 6) is -2.12. The van der Waals surface area contributed by atoms with Crippen molar-refractivity contribution < 1.29 is 22.7 Å². The van der Waals surface area contributed by atoms with E-state index in [2.05, 4.69) is 15.9 Å². The summed E-state index contributed by atoms with van der Waals surface area (Å²) in [5, 5.41) is 9.31. The molecule has 0 aliphatic rings. The van der Waals surface area contributed by atoms with E-state index in [1.54, 1.807) is 6.07 Å². The maximum Gasteiger partial charge on any atom is 0.373 e. The fourth-order valence-corrected chi connectivity index (χ4v) is 3.20. The molecule has 0 radical (unpaired) electrons. The molecule has 1 heterocycles. The van der Waals surface area contributed by atoms with Crippen molar-refractivity contribution in [1.29, 1.82) is 0 Å². The summed E-state index contributed by atoms with van der Waals surface area (Å²) < 4.78 is 29.7. The van der Waals surface area contributed by atoms with Gasteiger partial charge < -0.3 is 9.52 Å². The van der Waals surface area contributed by atoms with Crippen LogP contribution in [0.3, 0.4) is 0 Å². The Bertz CT molecular complexity index is 729. The molecular weight excluding hydrogens is 324 g/mol. The number of benzene rings is 1. The quantitative estimate of drug-likeness (QED) is 0.933. The second-order valence-corrected chi connectivity index (χ2v) is 6.74. The Labute approximate surface area is 111 Å². The number of hydrogen-bond donors (Lipinski definition) is 1. The van der Waals surface area contributed by atoms with E-state index in [0.29, 0.717) is 4.47 Å². The fourth-order valence-electron chi connectivity index (χ4n) is 1.64. The van der Waals surface area contributed by atoms with E-state index in [9.17, 15) is 13.2 Å². The van der Waals surface area contributed by atoms with E-state index >= 15 is 0 Å². The predicted octanol–water partition coefficient (Wildman–Crippen LogP) is 2.69. The van der Waals surface area contributed by atoms with Crippen LogP contribution in [0.5, 0.6) is 0 Å². The summed E-state index contributed by atoms with van der Waals surface area (Å²) in [5.41, 5.74) is 0.239. The van der Waals surface area contributed by atoms with Gasteiger partial charge in [-0.05, 0) is 18.2 Å². The van der Waals surface area contributed by atoms with Crippen LogP contribution in [-0.2, 0) is 9.84 Å². The zero-order chi connectivity index (χ0) is 13.5. The third kappa shape index (κ3) is 2.04. The van der Waals surface area contributed by atoms with Crippen molar-refractivity contribution in [3.8, 4) is 0 Å². The lowest BCUT2D eigenvalue weighted by Gasteiger charge is -1.99. The highest BCUT2D eigenvalue weighted by atomic mass is 79.9. The molecule has 0 saturated carbocycles. The zero-order valence-corrected chi connectivity index (χ0v) is 11.7. The van der Waals surface area contributed by atoms with Gasteiger partial charge >= 0.3 is 5.97 Å². The van der Waals surface area contributed by atoms with Crippen LogP contribution in [0.1, 0.15) is 17.5 Å². The molecule has 1 aromatic heterocycles. The minimum atomic E-state index is -3.67. The van der Waals surface area contributed by atoms with Crippen molar-refractivity contribution in [2.45, 2.75) is 11.8 Å². The number of fused-ring (bicyclic) bond motifs is 1. The molecule has 0 spiro atoms. The first-order valence-electron chi connectivity index (χ1n) is 5.05. The number of carboxylic acid groups (broad SMARTS) is 1. The highest BCUT2D eigenvalue weighted by molar-refractivity contribution is 9.10. The molecule has 0 bridgehead atoms. The highest BCUT2D eigenvalue weighted by Gasteiger charge is 2.28. The van der Waals surface area contributed by atoms with E-state index in [1.165, 1.54) is 19.1 Å². The highest BCUT2D eigenvalue weighted by Crippen LogP contribution is 2.32. The molecule has 96 valence electrons. The number of furan rings is 1. The average Bonchev–Trinajstić information content (AvgIpc) is 2.68. The molecule has 0 atom stereocenters. The molecule has 0 unspecified atom stereocenters. The van der Waals surface area contributed by atoms with Gasteiger partial charge in [-0.3, -0.25) is 0 Å². The molecular formula is C11H9BrO5S. The number of carbonyl (C=O) groups is 1. The third-order valence-electron chi connectivity index (χ3n) is 2.49. The summed E-state index contributed by atoms with van der Waals surface area (Å²) in [7, 11) is -3.67. The number of hydrogen-bond acceptors (Lipinski definition) is 4. The van der Waals surface area contributed by atoms with Crippen molar-refractivity contribution in [3.63, 3.8) is 0 Å². The molecule has 1 aromatic carbocycles. The van der Waals surface area contributed by atoms with E-state index in [1.807, 2.05) is 0 Å². The van der Waals surface area contributed by atoms with Gasteiger partial charge in [-0.1, -0.05) is 22.9 Å². The molecule has 0 aliphatic carbocycles. The lowest BCUT2D eigenvalue weighted by molar-refractivity contribution is 0.0659. The van der Waals surface area contributed by atoms with Crippen molar-refractivity contribution >= 4 is 42.7 Å². The van der Waals surface area contributed by atoms with Crippen molar-refractivity contribution in [1.82, 2.24) is 0 Å². The van der Waals surface area contributed by atoms with E-state index in [0.717, 1.165) is 0 Å². The molecule has 0 saturated heterocycles. The molecule has 2 rings (SSSR count). The minimum Gasteiger partial charge on any atom is -0.475 e.